The van der Waals surface area contributed by atoms with Crippen molar-refractivity contribution < 1.29 is 14.4 Å². The molecule has 1 aliphatic carbocycles. The van der Waals surface area contributed by atoms with E-state index in [1.807, 2.05) is 11.8 Å². The normalized spacial score (nSPS) is 21.9. The SMILES string of the molecule is CC(=O)NCC(=O)N1CCC[C@@H]1c1nc(C)c2c(n1)N(CC1CCCCC1)C(=O)CC2. The first-order chi connectivity index (χ1) is 14.9. The van der Waals surface area contributed by atoms with Crippen LogP contribution >= 0.6 is 0 Å². The zero-order chi connectivity index (χ0) is 22.0. The lowest BCUT2D eigenvalue weighted by atomic mass is 9.88. The van der Waals surface area contributed by atoms with E-state index in [0.717, 1.165) is 36.5 Å². The second-order valence-electron chi connectivity index (χ2n) is 9.13. The Morgan fingerprint density at radius 3 is 2.58 bits per heavy atom. The van der Waals surface area contributed by atoms with Crippen LogP contribution in [0.3, 0.4) is 0 Å². The van der Waals surface area contributed by atoms with Crippen molar-refractivity contribution >= 4 is 23.5 Å². The highest BCUT2D eigenvalue weighted by Crippen LogP contribution is 2.35. The molecular weight excluding hydrogens is 394 g/mol. The van der Waals surface area contributed by atoms with Crippen molar-refractivity contribution in [1.82, 2.24) is 20.2 Å². The molecule has 0 spiro atoms. The monoisotopic (exact) mass is 427 g/mol. The summed E-state index contributed by atoms with van der Waals surface area (Å²) in [4.78, 5) is 50.1. The van der Waals surface area contributed by atoms with Crippen LogP contribution in [0.1, 0.15) is 81.4 Å². The lowest BCUT2D eigenvalue weighted by Gasteiger charge is -2.34. The van der Waals surface area contributed by atoms with Crippen LogP contribution in [0.15, 0.2) is 0 Å². The van der Waals surface area contributed by atoms with Gasteiger partial charge in [-0.15, -0.1) is 0 Å². The minimum absolute atomic E-state index is 0.0119. The van der Waals surface area contributed by atoms with Crippen molar-refractivity contribution in [3.8, 4) is 0 Å². The third-order valence-corrected chi connectivity index (χ3v) is 6.88. The predicted molar refractivity (Wildman–Crippen MR) is 116 cm³/mol. The summed E-state index contributed by atoms with van der Waals surface area (Å²) < 4.78 is 0. The van der Waals surface area contributed by atoms with Crippen molar-refractivity contribution in [2.75, 3.05) is 24.5 Å². The number of aryl methyl sites for hydroxylation is 1. The molecule has 1 N–H and O–H groups in total. The van der Waals surface area contributed by atoms with Crippen LogP contribution in [0.2, 0.25) is 0 Å². The number of nitrogens with zero attached hydrogens (tertiary/aromatic N) is 4. The summed E-state index contributed by atoms with van der Waals surface area (Å²) in [5.74, 6) is 1.71. The maximum Gasteiger partial charge on any atom is 0.242 e. The summed E-state index contributed by atoms with van der Waals surface area (Å²) in [6.45, 7) is 4.74. The van der Waals surface area contributed by atoms with E-state index in [2.05, 4.69) is 5.32 Å². The molecule has 1 aromatic rings. The summed E-state index contributed by atoms with van der Waals surface area (Å²) in [5.41, 5.74) is 1.97. The van der Waals surface area contributed by atoms with Gasteiger partial charge in [-0.2, -0.15) is 0 Å². The largest absolute Gasteiger partial charge is 0.347 e. The lowest BCUT2D eigenvalue weighted by molar-refractivity contribution is -0.133. The number of hydrogen-bond acceptors (Lipinski definition) is 5. The Labute approximate surface area is 183 Å². The molecule has 0 radical (unpaired) electrons. The fraction of sp³-hybridized carbons (Fsp3) is 0.696. The Hall–Kier alpha value is -2.51. The minimum Gasteiger partial charge on any atom is -0.347 e. The van der Waals surface area contributed by atoms with Crippen LogP contribution in [0.25, 0.3) is 0 Å². The van der Waals surface area contributed by atoms with Gasteiger partial charge in [-0.05, 0) is 44.9 Å². The number of carbonyl (C=O) groups excluding carboxylic acids is 3. The number of carbonyl (C=O) groups is 3. The predicted octanol–water partition coefficient (Wildman–Crippen LogP) is 2.44. The van der Waals surface area contributed by atoms with Crippen LogP contribution in [0, 0.1) is 12.8 Å². The Bertz CT molecular complexity index is 865. The average Bonchev–Trinajstić information content (AvgIpc) is 3.25. The standard InChI is InChI=1S/C23H33N5O3/c1-15-18-10-11-20(30)28(14-17-7-4-3-5-8-17)23(18)26-22(25-15)19-9-6-12-27(19)21(31)13-24-16(2)29/h17,19H,3-14H2,1-2H3,(H,24,29)/t19-/m1/s1. The van der Waals surface area contributed by atoms with Gasteiger partial charge in [0.1, 0.15) is 5.82 Å². The fourth-order valence-corrected chi connectivity index (χ4v) is 5.20. The number of fused-ring (bicyclic) bond motifs is 1. The van der Waals surface area contributed by atoms with E-state index in [0.29, 0.717) is 31.1 Å². The summed E-state index contributed by atoms with van der Waals surface area (Å²) in [6, 6.07) is -0.209. The average molecular weight is 428 g/mol. The van der Waals surface area contributed by atoms with Crippen molar-refractivity contribution in [3.63, 3.8) is 0 Å². The molecule has 1 saturated carbocycles. The molecule has 1 atom stereocenters. The number of anilines is 1. The van der Waals surface area contributed by atoms with Gasteiger partial charge in [0.25, 0.3) is 0 Å². The maximum absolute atomic E-state index is 12.9. The smallest absolute Gasteiger partial charge is 0.242 e. The van der Waals surface area contributed by atoms with E-state index < -0.39 is 0 Å². The fourth-order valence-electron chi connectivity index (χ4n) is 5.20. The Morgan fingerprint density at radius 2 is 1.84 bits per heavy atom. The Balaban J connectivity index is 1.60. The van der Waals surface area contributed by atoms with Crippen molar-refractivity contribution in [2.45, 2.75) is 77.7 Å². The Kier molecular flexibility index (Phi) is 6.53. The van der Waals surface area contributed by atoms with E-state index in [4.69, 9.17) is 9.97 Å². The van der Waals surface area contributed by atoms with Gasteiger partial charge in [0.2, 0.25) is 17.7 Å². The molecular formula is C23H33N5O3. The molecule has 0 bridgehead atoms. The van der Waals surface area contributed by atoms with Crippen LogP contribution in [0.5, 0.6) is 0 Å². The number of aromatic nitrogens is 2. The van der Waals surface area contributed by atoms with Gasteiger partial charge >= 0.3 is 0 Å². The summed E-state index contributed by atoms with van der Waals surface area (Å²) >= 11 is 0. The zero-order valence-electron chi connectivity index (χ0n) is 18.7. The molecule has 3 amide bonds. The van der Waals surface area contributed by atoms with Gasteiger partial charge in [-0.3, -0.25) is 19.3 Å². The Morgan fingerprint density at radius 1 is 1.06 bits per heavy atom. The quantitative estimate of drug-likeness (QED) is 0.779. The van der Waals surface area contributed by atoms with Gasteiger partial charge < -0.3 is 10.2 Å². The molecule has 0 aromatic carbocycles. The highest BCUT2D eigenvalue weighted by Gasteiger charge is 2.35. The van der Waals surface area contributed by atoms with E-state index in [1.165, 1.54) is 39.0 Å². The van der Waals surface area contributed by atoms with E-state index in [1.54, 1.807) is 4.90 Å². The second-order valence-corrected chi connectivity index (χ2v) is 9.13. The van der Waals surface area contributed by atoms with Crippen molar-refractivity contribution in [1.29, 1.82) is 0 Å². The molecule has 3 heterocycles. The highest BCUT2D eigenvalue weighted by molar-refractivity contribution is 5.95. The molecule has 168 valence electrons. The molecule has 4 rings (SSSR count). The van der Waals surface area contributed by atoms with E-state index in [-0.39, 0.29) is 30.3 Å². The van der Waals surface area contributed by atoms with Crippen LogP contribution < -0.4 is 10.2 Å². The van der Waals surface area contributed by atoms with E-state index >= 15 is 0 Å². The van der Waals surface area contributed by atoms with Gasteiger partial charge in [0.05, 0.1) is 12.6 Å². The minimum atomic E-state index is -0.221. The zero-order valence-corrected chi connectivity index (χ0v) is 18.7. The maximum atomic E-state index is 12.9. The number of hydrogen-bond donors (Lipinski definition) is 1. The van der Waals surface area contributed by atoms with Gasteiger partial charge in [-0.25, -0.2) is 9.97 Å². The number of amides is 3. The van der Waals surface area contributed by atoms with Crippen LogP contribution in [-0.4, -0.2) is 52.2 Å². The first-order valence-corrected chi connectivity index (χ1v) is 11.7. The van der Waals surface area contributed by atoms with E-state index in [9.17, 15) is 14.4 Å². The van der Waals surface area contributed by atoms with Crippen LogP contribution in [-0.2, 0) is 20.8 Å². The summed E-state index contributed by atoms with van der Waals surface area (Å²) in [5, 5.41) is 2.59. The molecule has 8 nitrogen and oxygen atoms in total. The molecule has 8 heteroatoms. The topological polar surface area (TPSA) is 95.5 Å². The third-order valence-electron chi connectivity index (χ3n) is 6.88. The highest BCUT2D eigenvalue weighted by atomic mass is 16.2. The number of likely N-dealkylation sites (tertiary alicyclic amines) is 1. The molecule has 31 heavy (non-hydrogen) atoms. The molecule has 1 saturated heterocycles. The summed E-state index contributed by atoms with van der Waals surface area (Å²) in [6.07, 6.45) is 8.96. The molecule has 2 aliphatic heterocycles. The van der Waals surface area contributed by atoms with Gasteiger partial charge in [-0.1, -0.05) is 19.3 Å². The second kappa shape index (κ2) is 9.32. The number of rotatable bonds is 5. The van der Waals surface area contributed by atoms with Gasteiger partial charge in [0.15, 0.2) is 5.82 Å². The summed E-state index contributed by atoms with van der Waals surface area (Å²) in [7, 11) is 0. The van der Waals surface area contributed by atoms with Crippen molar-refractivity contribution in [3.05, 3.63) is 17.1 Å². The lowest BCUT2D eigenvalue weighted by Crippen LogP contribution is -2.42. The first-order valence-electron chi connectivity index (χ1n) is 11.7. The van der Waals surface area contributed by atoms with Crippen molar-refractivity contribution in [2.24, 2.45) is 5.92 Å². The first kappa shape index (κ1) is 21.7. The molecule has 1 aromatic heterocycles. The molecule has 0 unspecified atom stereocenters. The van der Waals surface area contributed by atoms with Crippen LogP contribution in [0.4, 0.5) is 5.82 Å². The molecule has 3 aliphatic rings. The number of nitrogens with one attached hydrogen (secondary N) is 1. The third kappa shape index (κ3) is 4.72. The molecule has 2 fully saturated rings. The van der Waals surface area contributed by atoms with Gasteiger partial charge in [0, 0.05) is 37.7 Å².